The summed E-state index contributed by atoms with van der Waals surface area (Å²) in [6.07, 6.45) is -0.364. The summed E-state index contributed by atoms with van der Waals surface area (Å²) in [7, 11) is 1.68. The average Bonchev–Trinajstić information content (AvgIpc) is 2.88. The van der Waals surface area contributed by atoms with Crippen LogP contribution in [0.2, 0.25) is 0 Å². The molecule has 1 heterocycles. The number of rotatable bonds is 9. The van der Waals surface area contributed by atoms with Crippen molar-refractivity contribution in [3.8, 4) is 0 Å². The molecule has 1 N–H and O–H groups in total. The van der Waals surface area contributed by atoms with Gasteiger partial charge in [0.2, 0.25) is 5.91 Å². The third-order valence-corrected chi connectivity index (χ3v) is 6.80. The maximum absolute atomic E-state index is 12.5. The first-order chi connectivity index (χ1) is 9.86. The Morgan fingerprint density at radius 2 is 2.10 bits per heavy atom. The highest BCUT2D eigenvalue weighted by molar-refractivity contribution is 8.56. The molecule has 124 valence electrons. The van der Waals surface area contributed by atoms with Crippen molar-refractivity contribution in [3.05, 3.63) is 0 Å². The molecule has 0 aromatic carbocycles. The van der Waals surface area contributed by atoms with Crippen LogP contribution in [-0.2, 0) is 23.4 Å². The average molecular weight is 340 g/mol. The number of carbonyl (C=O) groups is 1. The SMILES string of the molecule is CCOP(=O)(NC(C)C)SCC(=O)N(C)CC1OCCO1. The molecule has 1 aliphatic rings. The number of likely N-dealkylation sites (N-methyl/N-ethyl adjacent to an activating group) is 1. The van der Waals surface area contributed by atoms with E-state index in [2.05, 4.69) is 5.09 Å². The second kappa shape index (κ2) is 9.12. The molecule has 7 nitrogen and oxygen atoms in total. The molecule has 0 radical (unpaired) electrons. The van der Waals surface area contributed by atoms with Crippen LogP contribution in [0.1, 0.15) is 20.8 Å². The first kappa shape index (κ1) is 18.9. The molecule has 0 saturated carbocycles. The summed E-state index contributed by atoms with van der Waals surface area (Å²) in [4.78, 5) is 13.6. The zero-order valence-corrected chi connectivity index (χ0v) is 14.7. The number of nitrogens with one attached hydrogen (secondary N) is 1. The van der Waals surface area contributed by atoms with Gasteiger partial charge >= 0.3 is 6.72 Å². The lowest BCUT2D eigenvalue weighted by molar-refractivity contribution is -0.132. The molecule has 21 heavy (non-hydrogen) atoms. The molecule has 1 amide bonds. The summed E-state index contributed by atoms with van der Waals surface area (Å²) < 4.78 is 28.4. The highest BCUT2D eigenvalue weighted by Gasteiger charge is 2.27. The molecule has 0 bridgehead atoms. The summed E-state index contributed by atoms with van der Waals surface area (Å²) in [5.41, 5.74) is 0. The van der Waals surface area contributed by atoms with Crippen molar-refractivity contribution in [3.63, 3.8) is 0 Å². The van der Waals surface area contributed by atoms with Gasteiger partial charge in [-0.3, -0.25) is 9.36 Å². The van der Waals surface area contributed by atoms with Crippen LogP contribution < -0.4 is 5.09 Å². The first-order valence-electron chi connectivity index (χ1n) is 7.00. The highest BCUT2D eigenvalue weighted by atomic mass is 32.7. The molecule has 9 heteroatoms. The first-order valence-corrected chi connectivity index (χ1v) is 10.2. The van der Waals surface area contributed by atoms with Crippen LogP contribution >= 0.6 is 18.1 Å². The largest absolute Gasteiger partial charge is 0.348 e. The van der Waals surface area contributed by atoms with Crippen molar-refractivity contribution >= 4 is 24.0 Å². The second-order valence-electron chi connectivity index (χ2n) is 4.92. The maximum Gasteiger partial charge on any atom is 0.327 e. The normalized spacial score (nSPS) is 18.9. The Morgan fingerprint density at radius 3 is 2.62 bits per heavy atom. The predicted molar refractivity (Wildman–Crippen MR) is 83.3 cm³/mol. The summed E-state index contributed by atoms with van der Waals surface area (Å²) in [5.74, 6) is -0.0511. The monoisotopic (exact) mass is 340 g/mol. The minimum absolute atomic E-state index is 0.0167. The van der Waals surface area contributed by atoms with Crippen molar-refractivity contribution in [1.29, 1.82) is 0 Å². The van der Waals surface area contributed by atoms with Crippen LogP contribution in [0, 0.1) is 0 Å². The Morgan fingerprint density at radius 1 is 1.48 bits per heavy atom. The number of nitrogens with zero attached hydrogens (tertiary/aromatic N) is 1. The van der Waals surface area contributed by atoms with E-state index >= 15 is 0 Å². The third kappa shape index (κ3) is 7.13. The maximum atomic E-state index is 12.5. The summed E-state index contributed by atoms with van der Waals surface area (Å²) in [5, 5.41) is 2.90. The fraction of sp³-hybridized carbons (Fsp3) is 0.917. The van der Waals surface area contributed by atoms with Gasteiger partial charge in [-0.15, -0.1) is 0 Å². The lowest BCUT2D eigenvalue weighted by Gasteiger charge is -2.23. The van der Waals surface area contributed by atoms with Gasteiger partial charge in [0.05, 0.1) is 32.1 Å². The standard InChI is InChI=1S/C12H25N2O5PS/c1-5-19-20(16,13-10(2)3)21-9-11(15)14(4)8-12-17-6-7-18-12/h10,12H,5-9H2,1-4H3,(H,13,16). The van der Waals surface area contributed by atoms with Gasteiger partial charge in [-0.05, 0) is 32.2 Å². The fourth-order valence-corrected chi connectivity index (χ4v) is 5.62. The molecule has 0 spiro atoms. The Hall–Kier alpha value is -0.110. The third-order valence-electron chi connectivity index (χ3n) is 2.61. The van der Waals surface area contributed by atoms with E-state index in [1.807, 2.05) is 13.8 Å². The topological polar surface area (TPSA) is 77.1 Å². The van der Waals surface area contributed by atoms with Crippen molar-refractivity contribution in [2.75, 3.05) is 39.2 Å². The number of hydrogen-bond donors (Lipinski definition) is 1. The van der Waals surface area contributed by atoms with E-state index in [1.165, 1.54) is 4.90 Å². The van der Waals surface area contributed by atoms with E-state index < -0.39 is 6.72 Å². The van der Waals surface area contributed by atoms with E-state index in [-0.39, 0.29) is 24.0 Å². The number of hydrogen-bond acceptors (Lipinski definition) is 6. The molecule has 1 saturated heterocycles. The quantitative estimate of drug-likeness (QED) is 0.640. The number of amides is 1. The summed E-state index contributed by atoms with van der Waals surface area (Å²) >= 11 is 1.02. The molecular formula is C12H25N2O5PS. The Kier molecular flexibility index (Phi) is 8.23. The van der Waals surface area contributed by atoms with Gasteiger partial charge in [0.15, 0.2) is 6.29 Å². The van der Waals surface area contributed by atoms with E-state index in [1.54, 1.807) is 14.0 Å². The van der Waals surface area contributed by atoms with Gasteiger partial charge in [-0.2, -0.15) is 0 Å². The Balaban J connectivity index is 2.42. The Labute approximate surface area is 130 Å². The van der Waals surface area contributed by atoms with E-state index in [0.29, 0.717) is 26.4 Å². The minimum atomic E-state index is -3.05. The molecule has 1 fully saturated rings. The molecule has 1 aliphatic heterocycles. The van der Waals surface area contributed by atoms with Crippen molar-refractivity contribution in [2.45, 2.75) is 33.1 Å². The van der Waals surface area contributed by atoms with Crippen LogP contribution in [-0.4, -0.2) is 62.3 Å². The smallest absolute Gasteiger partial charge is 0.327 e. The number of carbonyl (C=O) groups excluding carboxylic acids is 1. The zero-order valence-electron chi connectivity index (χ0n) is 13.0. The van der Waals surface area contributed by atoms with Crippen LogP contribution in [0.4, 0.5) is 0 Å². The minimum Gasteiger partial charge on any atom is -0.348 e. The molecule has 0 aliphatic carbocycles. The van der Waals surface area contributed by atoms with E-state index in [0.717, 1.165) is 11.4 Å². The van der Waals surface area contributed by atoms with Gasteiger partial charge < -0.3 is 18.9 Å². The molecular weight excluding hydrogens is 315 g/mol. The van der Waals surface area contributed by atoms with Crippen molar-refractivity contribution in [2.24, 2.45) is 0 Å². The highest BCUT2D eigenvalue weighted by Crippen LogP contribution is 2.56. The second-order valence-corrected chi connectivity index (χ2v) is 9.19. The van der Waals surface area contributed by atoms with Gasteiger partial charge in [-0.25, -0.2) is 5.09 Å². The van der Waals surface area contributed by atoms with Crippen molar-refractivity contribution in [1.82, 2.24) is 9.99 Å². The Bertz CT molecular complexity index is 377. The van der Waals surface area contributed by atoms with E-state index in [4.69, 9.17) is 14.0 Å². The van der Waals surface area contributed by atoms with Crippen LogP contribution in [0.5, 0.6) is 0 Å². The lowest BCUT2D eigenvalue weighted by Crippen LogP contribution is -2.36. The van der Waals surface area contributed by atoms with Gasteiger partial charge in [0.1, 0.15) is 0 Å². The molecule has 1 rings (SSSR count). The fourth-order valence-electron chi connectivity index (χ4n) is 1.69. The summed E-state index contributed by atoms with van der Waals surface area (Å²) in [6.45, 7) is 4.31. The van der Waals surface area contributed by atoms with Crippen LogP contribution in [0.15, 0.2) is 0 Å². The zero-order chi connectivity index (χ0) is 15.9. The molecule has 1 atom stereocenters. The van der Waals surface area contributed by atoms with E-state index in [9.17, 15) is 9.36 Å². The van der Waals surface area contributed by atoms with Crippen molar-refractivity contribution < 1.29 is 23.4 Å². The summed E-state index contributed by atoms with van der Waals surface area (Å²) in [6, 6.07) is 0.0167. The molecule has 0 aromatic heterocycles. The van der Waals surface area contributed by atoms with Gasteiger partial charge in [0, 0.05) is 13.1 Å². The number of ether oxygens (including phenoxy) is 2. The van der Waals surface area contributed by atoms with Crippen LogP contribution in [0.25, 0.3) is 0 Å². The predicted octanol–water partition coefficient (Wildman–Crippen LogP) is 1.69. The molecule has 1 unspecified atom stereocenters. The molecule has 0 aromatic rings. The lowest BCUT2D eigenvalue weighted by atomic mass is 10.4. The van der Waals surface area contributed by atoms with Gasteiger partial charge in [0.25, 0.3) is 0 Å². The van der Waals surface area contributed by atoms with Gasteiger partial charge in [-0.1, -0.05) is 0 Å². The van der Waals surface area contributed by atoms with Crippen LogP contribution in [0.3, 0.4) is 0 Å².